The van der Waals surface area contributed by atoms with Gasteiger partial charge < -0.3 is 19.5 Å². The van der Waals surface area contributed by atoms with Gasteiger partial charge in [0.25, 0.3) is 5.95 Å². The zero-order chi connectivity index (χ0) is 29.3. The third kappa shape index (κ3) is 8.00. The first-order chi connectivity index (χ1) is 18.4. The number of benzene rings is 1. The van der Waals surface area contributed by atoms with Gasteiger partial charge in [-0.2, -0.15) is 15.5 Å². The Kier molecular flexibility index (Phi) is 10.5. The predicted molar refractivity (Wildman–Crippen MR) is 143 cm³/mol. The van der Waals surface area contributed by atoms with Crippen LogP contribution in [0.5, 0.6) is 5.75 Å². The highest BCUT2D eigenvalue weighted by molar-refractivity contribution is 7.92. The van der Waals surface area contributed by atoms with Crippen LogP contribution in [0.3, 0.4) is 0 Å². The van der Waals surface area contributed by atoms with Gasteiger partial charge in [0.1, 0.15) is 36.3 Å². The Hall–Kier alpha value is -4.47. The Balaban J connectivity index is 2.58. The predicted octanol–water partition coefficient (Wildman–Crippen LogP) is 2.75. The Morgan fingerprint density at radius 1 is 1.28 bits per heavy atom. The molecule has 0 aliphatic heterocycles. The molecule has 0 saturated heterocycles. The van der Waals surface area contributed by atoms with E-state index in [1.54, 1.807) is 12.1 Å². The van der Waals surface area contributed by atoms with Crippen molar-refractivity contribution in [2.24, 2.45) is 10.2 Å². The molecule has 1 unspecified atom stereocenters. The van der Waals surface area contributed by atoms with Crippen LogP contribution in [-0.4, -0.2) is 68.2 Å². The van der Waals surface area contributed by atoms with E-state index >= 15 is 0 Å². The maximum atomic E-state index is 12.1. The molecule has 0 fully saturated rings. The molecule has 0 amide bonds. The Morgan fingerprint density at radius 3 is 2.46 bits per heavy atom. The van der Waals surface area contributed by atoms with E-state index in [-0.39, 0.29) is 40.8 Å². The molecule has 0 saturated carbocycles. The number of carbonyl (C=O) groups is 1. The monoisotopic (exact) mass is 558 g/mol. The first-order valence-corrected chi connectivity index (χ1v) is 13.6. The number of imidazole rings is 1. The number of anilines is 2. The number of aliphatic hydroxyl groups is 1. The average molecular weight is 559 g/mol. The highest BCUT2D eigenvalue weighted by atomic mass is 32.2. The molecule has 0 spiro atoms. The van der Waals surface area contributed by atoms with Gasteiger partial charge in [-0.1, -0.05) is 6.58 Å². The third-order valence-electron chi connectivity index (χ3n) is 5.25. The molecule has 1 atom stereocenters. The van der Waals surface area contributed by atoms with Gasteiger partial charge in [0.2, 0.25) is 10.0 Å². The second kappa shape index (κ2) is 13.4. The van der Waals surface area contributed by atoms with Crippen LogP contribution in [0, 0.1) is 22.7 Å². The fraction of sp³-hybridized carbons (Fsp3) is 0.417. The summed E-state index contributed by atoms with van der Waals surface area (Å²) in [4.78, 5) is 17.6. The minimum absolute atomic E-state index is 0.0654. The first-order valence-electron chi connectivity index (χ1n) is 11.7. The quantitative estimate of drug-likeness (QED) is 0.209. The van der Waals surface area contributed by atoms with Crippen LogP contribution in [0.2, 0.25) is 0 Å². The zero-order valence-electron chi connectivity index (χ0n) is 22.3. The molecule has 208 valence electrons. The van der Waals surface area contributed by atoms with Gasteiger partial charge in [-0.05, 0) is 26.8 Å². The number of esters is 1. The van der Waals surface area contributed by atoms with Crippen molar-refractivity contribution in [3.05, 3.63) is 35.7 Å². The lowest BCUT2D eigenvalue weighted by atomic mass is 10.2. The molecule has 1 aromatic heterocycles. The molecule has 2 aromatic rings. The van der Waals surface area contributed by atoms with Crippen LogP contribution in [0.15, 0.2) is 34.5 Å². The second-order valence-electron chi connectivity index (χ2n) is 8.26. The van der Waals surface area contributed by atoms with Crippen LogP contribution in [0.1, 0.15) is 32.2 Å². The number of azo groups is 1. The number of nitrogens with zero attached hydrogens (tertiary/aromatic N) is 7. The molecular formula is C24H30N8O6S. The lowest BCUT2D eigenvalue weighted by Crippen LogP contribution is -2.24. The van der Waals surface area contributed by atoms with Crippen LogP contribution in [0.4, 0.5) is 23.0 Å². The van der Waals surface area contributed by atoms with E-state index in [2.05, 4.69) is 26.5 Å². The SMILES string of the molecule is C=C(C)C(=O)OCC(O)Cn1c(N=Nc2cc(OC)c(N(CC)CC)cc2NS(C)(=O)=O)nc(C#N)c1C#N. The van der Waals surface area contributed by atoms with E-state index in [0.717, 1.165) is 10.8 Å². The summed E-state index contributed by atoms with van der Waals surface area (Å²) in [5, 5.41) is 37.6. The van der Waals surface area contributed by atoms with Crippen LogP contribution in [0.25, 0.3) is 0 Å². The summed E-state index contributed by atoms with van der Waals surface area (Å²) in [7, 11) is -2.25. The number of aliphatic hydroxyl groups excluding tert-OH is 1. The molecule has 1 aromatic carbocycles. The number of hydrogen-bond donors (Lipinski definition) is 2. The number of rotatable bonds is 13. The molecule has 0 aliphatic carbocycles. The molecule has 39 heavy (non-hydrogen) atoms. The highest BCUT2D eigenvalue weighted by Gasteiger charge is 2.22. The van der Waals surface area contributed by atoms with E-state index in [1.165, 1.54) is 20.1 Å². The number of hydrogen-bond acceptors (Lipinski definition) is 12. The van der Waals surface area contributed by atoms with Gasteiger partial charge in [-0.3, -0.25) is 9.29 Å². The van der Waals surface area contributed by atoms with E-state index in [9.17, 15) is 28.8 Å². The summed E-state index contributed by atoms with van der Waals surface area (Å²) in [5.41, 5.74) is 0.484. The number of sulfonamides is 1. The number of methoxy groups -OCH3 is 1. The minimum Gasteiger partial charge on any atom is -0.494 e. The van der Waals surface area contributed by atoms with Crippen LogP contribution < -0.4 is 14.4 Å². The van der Waals surface area contributed by atoms with Crippen molar-refractivity contribution in [1.29, 1.82) is 10.5 Å². The van der Waals surface area contributed by atoms with Crippen molar-refractivity contribution in [3.63, 3.8) is 0 Å². The number of carbonyl (C=O) groups excluding carboxylic acids is 1. The fourth-order valence-corrected chi connectivity index (χ4v) is 4.00. The molecular weight excluding hydrogens is 528 g/mol. The zero-order valence-corrected chi connectivity index (χ0v) is 23.1. The summed E-state index contributed by atoms with van der Waals surface area (Å²) < 4.78 is 38.1. The van der Waals surface area contributed by atoms with Crippen molar-refractivity contribution in [3.8, 4) is 17.9 Å². The van der Waals surface area contributed by atoms with Crippen LogP contribution >= 0.6 is 0 Å². The molecule has 2 N–H and O–H groups in total. The average Bonchev–Trinajstić information content (AvgIpc) is 3.22. The molecule has 1 heterocycles. The normalized spacial score (nSPS) is 11.9. The van der Waals surface area contributed by atoms with Crippen molar-refractivity contribution in [2.75, 3.05) is 42.7 Å². The van der Waals surface area contributed by atoms with Crippen molar-refractivity contribution in [1.82, 2.24) is 9.55 Å². The molecule has 2 rings (SSSR count). The number of ether oxygens (including phenoxy) is 2. The number of nitrogens with one attached hydrogen (secondary N) is 1. The maximum absolute atomic E-state index is 12.1. The van der Waals surface area contributed by atoms with Crippen molar-refractivity contribution in [2.45, 2.75) is 33.4 Å². The smallest absolute Gasteiger partial charge is 0.333 e. The van der Waals surface area contributed by atoms with E-state index in [1.807, 2.05) is 24.8 Å². The van der Waals surface area contributed by atoms with Gasteiger partial charge in [-0.25, -0.2) is 13.2 Å². The summed E-state index contributed by atoms with van der Waals surface area (Å²) in [6, 6.07) is 6.68. The topological polar surface area (TPSA) is 195 Å². The van der Waals surface area contributed by atoms with Gasteiger partial charge in [0.15, 0.2) is 11.4 Å². The molecule has 0 radical (unpaired) electrons. The second-order valence-corrected chi connectivity index (χ2v) is 10.0. The Labute approximate surface area is 226 Å². The van der Waals surface area contributed by atoms with Gasteiger partial charge in [0, 0.05) is 24.7 Å². The molecule has 0 bridgehead atoms. The Bertz CT molecular complexity index is 1450. The van der Waals surface area contributed by atoms with Gasteiger partial charge >= 0.3 is 5.97 Å². The number of aromatic nitrogens is 2. The van der Waals surface area contributed by atoms with Crippen LogP contribution in [-0.2, 0) is 26.1 Å². The van der Waals surface area contributed by atoms with E-state index in [0.29, 0.717) is 24.5 Å². The fourth-order valence-electron chi connectivity index (χ4n) is 3.44. The van der Waals surface area contributed by atoms with Crippen molar-refractivity contribution < 1.29 is 27.8 Å². The molecule has 14 nitrogen and oxygen atoms in total. The van der Waals surface area contributed by atoms with Gasteiger partial charge in [-0.15, -0.1) is 10.2 Å². The lowest BCUT2D eigenvalue weighted by Gasteiger charge is -2.24. The summed E-state index contributed by atoms with van der Waals surface area (Å²) in [6.45, 7) is 9.31. The standard InChI is InChI=1S/C24H30N8O6S/c1-7-31(8-2)20-9-18(30-39(6,35)36)17(10-22(20)37-5)28-29-24-27-19(11-25)21(12-26)32(24)13-16(33)14-38-23(34)15(3)4/h9-10,16,30,33H,3,7-8,13-14H2,1-2,4-6H3. The highest BCUT2D eigenvalue weighted by Crippen LogP contribution is 2.39. The first kappa shape index (κ1) is 30.8. The van der Waals surface area contributed by atoms with Gasteiger partial charge in [0.05, 0.1) is 31.3 Å². The largest absolute Gasteiger partial charge is 0.494 e. The lowest BCUT2D eigenvalue weighted by molar-refractivity contribution is -0.142. The maximum Gasteiger partial charge on any atom is 0.333 e. The summed E-state index contributed by atoms with van der Waals surface area (Å²) in [5.74, 6) is -0.517. The number of nitriles is 2. The summed E-state index contributed by atoms with van der Waals surface area (Å²) in [6.07, 6.45) is -0.298. The Morgan fingerprint density at radius 2 is 1.95 bits per heavy atom. The van der Waals surface area contributed by atoms with Crippen molar-refractivity contribution >= 4 is 39.0 Å². The summed E-state index contributed by atoms with van der Waals surface area (Å²) >= 11 is 0. The van der Waals surface area contributed by atoms with E-state index < -0.39 is 28.7 Å². The van der Waals surface area contributed by atoms with E-state index in [4.69, 9.17) is 9.47 Å². The molecule has 15 heteroatoms. The molecule has 0 aliphatic rings. The minimum atomic E-state index is -3.71. The third-order valence-corrected chi connectivity index (χ3v) is 5.84.